The van der Waals surface area contributed by atoms with Crippen LogP contribution in [0.5, 0.6) is 0 Å². The van der Waals surface area contributed by atoms with Crippen LogP contribution < -0.4 is 20.4 Å². The number of ether oxygens (including phenoxy) is 3. The summed E-state index contributed by atoms with van der Waals surface area (Å²) in [5, 5.41) is 6.74. The number of amides is 2. The van der Waals surface area contributed by atoms with Gasteiger partial charge in [-0.25, -0.2) is 28.9 Å². The molecule has 14 nitrogen and oxygen atoms in total. The first-order valence-corrected chi connectivity index (χ1v) is 23.3. The van der Waals surface area contributed by atoms with Gasteiger partial charge in [-0.1, -0.05) is 30.0 Å². The minimum absolute atomic E-state index is 0.107. The summed E-state index contributed by atoms with van der Waals surface area (Å²) in [5.41, 5.74) is 4.02. The summed E-state index contributed by atoms with van der Waals surface area (Å²) < 4.78 is 32.0. The molecule has 0 aliphatic carbocycles. The number of esters is 1. The van der Waals surface area contributed by atoms with E-state index in [9.17, 15) is 14.4 Å². The molecule has 4 aliphatic heterocycles. The second-order valence-corrected chi connectivity index (χ2v) is 19.6. The van der Waals surface area contributed by atoms with Crippen molar-refractivity contribution in [3.63, 3.8) is 0 Å². The third kappa shape index (κ3) is 10.8. The van der Waals surface area contributed by atoms with E-state index >= 15 is 4.39 Å². The van der Waals surface area contributed by atoms with E-state index in [0.717, 1.165) is 93.3 Å². The molecule has 0 radical (unpaired) electrons. The molecule has 8 rings (SSSR count). The van der Waals surface area contributed by atoms with Crippen LogP contribution >= 0.6 is 11.8 Å². The lowest BCUT2D eigenvalue weighted by Gasteiger charge is -2.42. The lowest BCUT2D eigenvalue weighted by atomic mass is 9.73. The van der Waals surface area contributed by atoms with Crippen LogP contribution in [0.1, 0.15) is 91.9 Å². The fourth-order valence-corrected chi connectivity index (χ4v) is 10.4. The van der Waals surface area contributed by atoms with Crippen molar-refractivity contribution in [1.82, 2.24) is 25.2 Å². The van der Waals surface area contributed by atoms with Gasteiger partial charge in [-0.2, -0.15) is 0 Å². The molecule has 1 spiro atoms. The number of aryl methyl sites for hydroxylation is 1. The molecule has 2 atom stereocenters. The van der Waals surface area contributed by atoms with Gasteiger partial charge in [-0.15, -0.1) is 0 Å². The molecule has 2 amide bonds. The number of pyridine rings is 1. The number of halogens is 1. The summed E-state index contributed by atoms with van der Waals surface area (Å²) in [4.78, 5) is 59.4. The van der Waals surface area contributed by atoms with E-state index in [-0.39, 0.29) is 23.1 Å². The van der Waals surface area contributed by atoms with Crippen LogP contribution in [0, 0.1) is 18.2 Å². The van der Waals surface area contributed by atoms with Crippen molar-refractivity contribution in [3.05, 3.63) is 101 Å². The van der Waals surface area contributed by atoms with E-state index in [1.165, 1.54) is 30.5 Å². The molecule has 2 N–H and O–H groups in total. The topological polar surface area (TPSA) is 151 Å². The Hall–Kier alpha value is -5.58. The number of nitrogens with one attached hydrogen (secondary N) is 2. The first kappa shape index (κ1) is 46.0. The maximum atomic E-state index is 15.6. The van der Waals surface area contributed by atoms with Crippen molar-refractivity contribution in [3.8, 4) is 0 Å². The van der Waals surface area contributed by atoms with Crippen molar-refractivity contribution >= 4 is 52.5 Å². The Bertz CT molecular complexity index is 2410. The van der Waals surface area contributed by atoms with Crippen LogP contribution in [0.4, 0.5) is 26.4 Å². The number of piperidine rings is 2. The van der Waals surface area contributed by atoms with Gasteiger partial charge in [0.15, 0.2) is 0 Å². The highest BCUT2D eigenvalue weighted by Gasteiger charge is 2.50. The number of nitrogens with zero attached hydrogens (tertiary/aromatic N) is 6. The fraction of sp³-hybridized carbons (Fsp3) is 0.469. The summed E-state index contributed by atoms with van der Waals surface area (Å²) in [6.45, 7) is 14.8. The zero-order valence-electron chi connectivity index (χ0n) is 38.1. The first-order chi connectivity index (χ1) is 31.2. The van der Waals surface area contributed by atoms with Crippen molar-refractivity contribution in [2.24, 2.45) is 5.41 Å². The number of anilines is 3. The molecule has 16 heteroatoms. The Morgan fingerprint density at radius 2 is 1.74 bits per heavy atom. The minimum Gasteiger partial charge on any atom is -0.464 e. The normalized spacial score (nSPS) is 20.3. The van der Waals surface area contributed by atoms with Crippen LogP contribution in [0.25, 0.3) is 5.57 Å². The van der Waals surface area contributed by atoms with Crippen molar-refractivity contribution < 1.29 is 33.0 Å². The van der Waals surface area contributed by atoms with Gasteiger partial charge >= 0.3 is 12.1 Å². The summed E-state index contributed by atoms with van der Waals surface area (Å²) >= 11 is 1.44. The number of hydrogen-bond acceptors (Lipinski definition) is 13. The third-order valence-electron chi connectivity index (χ3n) is 13.0. The van der Waals surface area contributed by atoms with E-state index in [1.54, 1.807) is 36.7 Å². The van der Waals surface area contributed by atoms with E-state index in [1.807, 2.05) is 58.9 Å². The van der Waals surface area contributed by atoms with Crippen LogP contribution in [-0.2, 0) is 14.2 Å². The number of benzene rings is 2. The average molecular weight is 907 g/mol. The zero-order chi connectivity index (χ0) is 45.9. The minimum atomic E-state index is -0.577. The molecule has 4 aliphatic rings. The molecular formula is C49H59FN8O6S. The standard InChI is InChI=1S/C49H59FN8O6S/c1-31-38(11-12-40(53-31)46(60)62-6)33-14-20-56(21-15-33)36-16-22-57(23-17-36)41-13-10-34(26-39(41)50)45(59)54-35-8-7-9-37(27-35)65-43-29-51-42(28-52-43)58-24-18-49(19-25-58)30-63-32(2)44(49)55-47(61)64-48(3,4)5/h7-14,26-29,32,36,44H,15-25,30H2,1-6H3,(H,54,59)(H,55,61)/t32-,44+/m0/s1. The number of aromatic nitrogens is 3. The van der Waals surface area contributed by atoms with Crippen LogP contribution in [0.15, 0.2) is 83.0 Å². The fourth-order valence-electron chi connectivity index (χ4n) is 9.57. The van der Waals surface area contributed by atoms with Crippen molar-refractivity contribution in [2.45, 2.75) is 100 Å². The lowest BCUT2D eigenvalue weighted by Crippen LogP contribution is -2.55. The number of rotatable bonds is 10. The second-order valence-electron chi connectivity index (χ2n) is 18.5. The molecular weight excluding hydrogens is 848 g/mol. The van der Waals surface area contributed by atoms with Crippen LogP contribution in [-0.4, -0.2) is 115 Å². The van der Waals surface area contributed by atoms with Gasteiger partial charge in [0.1, 0.15) is 28.0 Å². The second kappa shape index (κ2) is 19.5. The quantitative estimate of drug-likeness (QED) is 0.148. The van der Waals surface area contributed by atoms with Crippen LogP contribution in [0.2, 0.25) is 0 Å². The van der Waals surface area contributed by atoms with Crippen molar-refractivity contribution in [2.75, 3.05) is 68.1 Å². The van der Waals surface area contributed by atoms with Gasteiger partial charge in [0, 0.05) is 72.6 Å². The Labute approximate surface area is 384 Å². The Kier molecular flexibility index (Phi) is 13.8. The molecule has 344 valence electrons. The molecule has 0 bridgehead atoms. The maximum absolute atomic E-state index is 15.6. The van der Waals surface area contributed by atoms with Gasteiger partial charge in [-0.05, 0) is 120 Å². The average Bonchev–Trinajstić information content (AvgIpc) is 3.58. The summed E-state index contributed by atoms with van der Waals surface area (Å²) in [6.07, 6.45) is 9.66. The summed E-state index contributed by atoms with van der Waals surface area (Å²) in [6, 6.07) is 16.1. The Balaban J connectivity index is 0.801. The van der Waals surface area contributed by atoms with E-state index in [0.29, 0.717) is 34.7 Å². The first-order valence-electron chi connectivity index (χ1n) is 22.5. The van der Waals surface area contributed by atoms with Crippen LogP contribution in [0.3, 0.4) is 0 Å². The zero-order valence-corrected chi connectivity index (χ0v) is 38.9. The molecule has 0 unspecified atom stereocenters. The molecule has 3 saturated heterocycles. The number of hydrogen-bond donors (Lipinski definition) is 2. The molecule has 2 aromatic carbocycles. The highest BCUT2D eigenvalue weighted by atomic mass is 32.2. The monoisotopic (exact) mass is 906 g/mol. The maximum Gasteiger partial charge on any atom is 0.407 e. The SMILES string of the molecule is COC(=O)c1ccc(C2=CCN(C3CCN(c4ccc(C(=O)Nc5cccc(Sc6cnc(N7CCC8(CC7)CO[C@@H](C)[C@H]8NC(=O)OC(C)(C)C)cn6)c5)cc4F)CC3)CC2)c(C)n1. The van der Waals surface area contributed by atoms with Gasteiger partial charge in [0.05, 0.1) is 43.9 Å². The number of methoxy groups -OCH3 is 1. The van der Waals surface area contributed by atoms with Gasteiger partial charge in [-0.3, -0.25) is 9.69 Å². The lowest BCUT2D eigenvalue weighted by molar-refractivity contribution is 0.0433. The summed E-state index contributed by atoms with van der Waals surface area (Å²) in [7, 11) is 1.36. The van der Waals surface area contributed by atoms with E-state index in [4.69, 9.17) is 24.2 Å². The van der Waals surface area contributed by atoms with E-state index < -0.39 is 29.4 Å². The Morgan fingerprint density at radius 1 is 0.954 bits per heavy atom. The predicted molar refractivity (Wildman–Crippen MR) is 249 cm³/mol. The Morgan fingerprint density at radius 3 is 2.40 bits per heavy atom. The van der Waals surface area contributed by atoms with Gasteiger partial charge < -0.3 is 34.6 Å². The molecule has 4 aromatic rings. The molecule has 6 heterocycles. The molecule has 65 heavy (non-hydrogen) atoms. The number of carbonyl (C=O) groups is 3. The smallest absolute Gasteiger partial charge is 0.407 e. The molecule has 2 aromatic heterocycles. The highest BCUT2D eigenvalue weighted by Crippen LogP contribution is 2.43. The third-order valence-corrected chi connectivity index (χ3v) is 14.0. The number of carbonyl (C=O) groups excluding carboxylic acids is 3. The van der Waals surface area contributed by atoms with Gasteiger partial charge in [0.2, 0.25) is 0 Å². The molecule has 3 fully saturated rings. The molecule has 0 saturated carbocycles. The summed E-state index contributed by atoms with van der Waals surface area (Å²) in [5.74, 6) is -0.456. The van der Waals surface area contributed by atoms with E-state index in [2.05, 4.69) is 36.4 Å². The number of alkyl carbamates (subject to hydrolysis) is 1. The highest BCUT2D eigenvalue weighted by molar-refractivity contribution is 7.99. The van der Waals surface area contributed by atoms with Gasteiger partial charge in [0.25, 0.3) is 5.91 Å². The van der Waals surface area contributed by atoms with Crippen molar-refractivity contribution in [1.29, 1.82) is 0 Å². The largest absolute Gasteiger partial charge is 0.464 e. The predicted octanol–water partition coefficient (Wildman–Crippen LogP) is 8.17.